The molecule has 2 rings (SSSR count). The van der Waals surface area contributed by atoms with Gasteiger partial charge in [-0.1, -0.05) is 29.8 Å². The molecule has 1 atom stereocenters. The van der Waals surface area contributed by atoms with E-state index in [1.165, 1.54) is 0 Å². The van der Waals surface area contributed by atoms with Gasteiger partial charge in [0.25, 0.3) is 0 Å². The van der Waals surface area contributed by atoms with Crippen LogP contribution in [0.4, 0.5) is 0 Å². The number of rotatable bonds is 6. The highest BCUT2D eigenvalue weighted by Gasteiger charge is 2.20. The van der Waals surface area contributed by atoms with Crippen LogP contribution in [0.3, 0.4) is 0 Å². The van der Waals surface area contributed by atoms with Crippen LogP contribution in [0.25, 0.3) is 11.0 Å². The lowest BCUT2D eigenvalue weighted by molar-refractivity contribution is -0.143. The molecule has 6 heteroatoms. The predicted molar refractivity (Wildman–Crippen MR) is 90.4 cm³/mol. The Kier molecular flexibility index (Phi) is 5.81. The van der Waals surface area contributed by atoms with Crippen molar-refractivity contribution in [3.8, 4) is 0 Å². The molecule has 2 aromatic rings. The molecule has 0 fully saturated rings. The first kappa shape index (κ1) is 17.2. The number of hydrogen-bond acceptors (Lipinski definition) is 4. The van der Waals surface area contributed by atoms with Gasteiger partial charge in [-0.15, -0.1) is 0 Å². The van der Waals surface area contributed by atoms with Crippen molar-refractivity contribution < 1.29 is 18.2 Å². The molecular formula is C16H19BrO4S. The van der Waals surface area contributed by atoms with Gasteiger partial charge in [0, 0.05) is 16.1 Å². The first-order valence-corrected chi connectivity index (χ1v) is 9.43. The van der Waals surface area contributed by atoms with E-state index in [1.54, 1.807) is 12.3 Å². The van der Waals surface area contributed by atoms with Crippen LogP contribution in [0.1, 0.15) is 26.0 Å². The fraction of sp³-hybridized carbons (Fsp3) is 0.438. The van der Waals surface area contributed by atoms with Crippen LogP contribution >= 0.6 is 15.9 Å². The van der Waals surface area contributed by atoms with E-state index in [0.29, 0.717) is 28.8 Å². The summed E-state index contributed by atoms with van der Waals surface area (Å²) in [6.07, 6.45) is 2.41. The minimum Gasteiger partial charge on any atom is -0.465 e. The molecule has 1 heterocycles. The zero-order chi connectivity index (χ0) is 16.3. The molecule has 0 N–H and O–H groups in total. The predicted octanol–water partition coefficient (Wildman–Crippen LogP) is 4.06. The third kappa shape index (κ3) is 4.20. The average Bonchev–Trinajstić information content (AvgIpc) is 2.75. The van der Waals surface area contributed by atoms with Crippen molar-refractivity contribution in [3.05, 3.63) is 28.4 Å². The van der Waals surface area contributed by atoms with E-state index < -0.39 is 10.8 Å². The lowest BCUT2D eigenvalue weighted by Crippen LogP contribution is -2.11. The summed E-state index contributed by atoms with van der Waals surface area (Å²) in [5, 5.41) is 0.764. The van der Waals surface area contributed by atoms with Crippen molar-refractivity contribution in [3.63, 3.8) is 0 Å². The number of halogens is 1. The Balaban J connectivity index is 2.22. The van der Waals surface area contributed by atoms with Gasteiger partial charge in [-0.2, -0.15) is 0 Å². The quantitative estimate of drug-likeness (QED) is 0.702. The average molecular weight is 387 g/mol. The normalized spacial score (nSPS) is 12.8. The minimum atomic E-state index is -1.24. The summed E-state index contributed by atoms with van der Waals surface area (Å²) < 4.78 is 23.8. The number of ether oxygens (including phenoxy) is 1. The topological polar surface area (TPSA) is 56.5 Å². The summed E-state index contributed by atoms with van der Waals surface area (Å²) >= 11 is 3.39. The number of esters is 1. The minimum absolute atomic E-state index is 0.000687. The zero-order valence-electron chi connectivity index (χ0n) is 12.8. The Morgan fingerprint density at radius 2 is 2.14 bits per heavy atom. The van der Waals surface area contributed by atoms with E-state index >= 15 is 0 Å². The van der Waals surface area contributed by atoms with E-state index in [-0.39, 0.29) is 12.4 Å². The van der Waals surface area contributed by atoms with E-state index in [0.717, 1.165) is 16.3 Å². The number of hydrogen-bond donors (Lipinski definition) is 0. The summed E-state index contributed by atoms with van der Waals surface area (Å²) in [5.41, 5.74) is 0.624. The largest absolute Gasteiger partial charge is 0.465 e. The molecule has 4 nitrogen and oxygen atoms in total. The highest BCUT2D eigenvalue weighted by Crippen LogP contribution is 2.31. The van der Waals surface area contributed by atoms with Gasteiger partial charge in [0.15, 0.2) is 0 Å². The van der Waals surface area contributed by atoms with Crippen molar-refractivity contribution in [2.45, 2.75) is 31.6 Å². The Morgan fingerprint density at radius 3 is 2.77 bits per heavy atom. The smallest absolute Gasteiger partial charge is 0.313 e. The van der Waals surface area contributed by atoms with Crippen molar-refractivity contribution in [2.24, 2.45) is 5.92 Å². The van der Waals surface area contributed by atoms with E-state index in [4.69, 9.17) is 9.15 Å². The molecular weight excluding hydrogens is 368 g/mol. The van der Waals surface area contributed by atoms with Crippen LogP contribution in [0.2, 0.25) is 0 Å². The molecule has 0 radical (unpaired) electrons. The zero-order valence-corrected chi connectivity index (χ0v) is 15.3. The molecule has 0 saturated carbocycles. The van der Waals surface area contributed by atoms with Crippen LogP contribution in [-0.2, 0) is 26.8 Å². The second-order valence-electron chi connectivity index (χ2n) is 5.53. The van der Waals surface area contributed by atoms with Gasteiger partial charge in [-0.25, -0.2) is 0 Å². The number of fused-ring (bicyclic) bond motifs is 1. The van der Waals surface area contributed by atoms with Crippen LogP contribution in [0.15, 0.2) is 32.0 Å². The summed E-state index contributed by atoms with van der Waals surface area (Å²) in [6.45, 7) is 4.54. The van der Waals surface area contributed by atoms with Gasteiger partial charge in [-0.05, 0) is 30.5 Å². The Labute approximate surface area is 140 Å². The maximum absolute atomic E-state index is 12.0. The second kappa shape index (κ2) is 7.42. The standard InChI is InChI=1S/C16H19BrO4S/c1-10(2)6-7-20-15(18)9-14-16(22(3)19)12-8-11(17)4-5-13(12)21-14/h4-5,8,10H,6-7,9H2,1-3H3/t22-/m0/s1. The highest BCUT2D eigenvalue weighted by molar-refractivity contribution is 9.10. The van der Waals surface area contributed by atoms with Gasteiger partial charge in [0.2, 0.25) is 0 Å². The first-order chi connectivity index (χ1) is 10.4. The van der Waals surface area contributed by atoms with Gasteiger partial charge in [0.1, 0.15) is 17.8 Å². The van der Waals surface area contributed by atoms with E-state index in [1.807, 2.05) is 12.1 Å². The summed E-state index contributed by atoms with van der Waals surface area (Å²) in [5.74, 6) is 0.545. The van der Waals surface area contributed by atoms with Crippen LogP contribution in [-0.4, -0.2) is 23.0 Å². The number of carbonyl (C=O) groups excluding carboxylic acids is 1. The third-order valence-corrected chi connectivity index (χ3v) is 4.74. The molecule has 0 bridgehead atoms. The Hall–Kier alpha value is -1.14. The van der Waals surface area contributed by atoms with Crippen LogP contribution in [0, 0.1) is 5.92 Å². The molecule has 0 saturated heterocycles. The van der Waals surface area contributed by atoms with E-state index in [2.05, 4.69) is 29.8 Å². The van der Waals surface area contributed by atoms with Crippen LogP contribution < -0.4 is 0 Å². The molecule has 0 amide bonds. The molecule has 1 aromatic heterocycles. The Bertz CT molecular complexity index is 705. The number of furan rings is 1. The summed E-state index contributed by atoms with van der Waals surface area (Å²) in [4.78, 5) is 12.5. The van der Waals surface area contributed by atoms with Crippen molar-refractivity contribution in [2.75, 3.05) is 12.9 Å². The third-order valence-electron chi connectivity index (χ3n) is 3.22. The van der Waals surface area contributed by atoms with Crippen molar-refractivity contribution in [1.82, 2.24) is 0 Å². The highest BCUT2D eigenvalue weighted by atomic mass is 79.9. The molecule has 0 unspecified atom stereocenters. The van der Waals surface area contributed by atoms with Gasteiger partial charge >= 0.3 is 5.97 Å². The van der Waals surface area contributed by atoms with Crippen LogP contribution in [0.5, 0.6) is 0 Å². The van der Waals surface area contributed by atoms with Gasteiger partial charge in [-0.3, -0.25) is 9.00 Å². The first-order valence-electron chi connectivity index (χ1n) is 7.08. The van der Waals surface area contributed by atoms with E-state index in [9.17, 15) is 9.00 Å². The maximum atomic E-state index is 12.0. The van der Waals surface area contributed by atoms with Gasteiger partial charge < -0.3 is 9.15 Å². The molecule has 0 aliphatic rings. The lowest BCUT2D eigenvalue weighted by Gasteiger charge is -2.06. The number of benzene rings is 1. The SMILES string of the molecule is CC(C)CCOC(=O)Cc1oc2ccc(Br)cc2c1[S@](C)=O. The van der Waals surface area contributed by atoms with Crippen molar-refractivity contribution >= 4 is 43.7 Å². The maximum Gasteiger partial charge on any atom is 0.313 e. The monoisotopic (exact) mass is 386 g/mol. The molecule has 0 spiro atoms. The molecule has 1 aromatic carbocycles. The Morgan fingerprint density at radius 1 is 1.41 bits per heavy atom. The fourth-order valence-electron chi connectivity index (χ4n) is 2.12. The molecule has 0 aliphatic carbocycles. The summed E-state index contributed by atoms with van der Waals surface area (Å²) in [6, 6.07) is 5.49. The molecule has 0 aliphatic heterocycles. The summed E-state index contributed by atoms with van der Waals surface area (Å²) in [7, 11) is -1.24. The fourth-order valence-corrected chi connectivity index (χ4v) is 3.38. The van der Waals surface area contributed by atoms with Gasteiger partial charge in [0.05, 0.1) is 22.3 Å². The second-order valence-corrected chi connectivity index (χ2v) is 7.76. The number of carbonyl (C=O) groups is 1. The van der Waals surface area contributed by atoms with Crippen molar-refractivity contribution in [1.29, 1.82) is 0 Å². The molecule has 22 heavy (non-hydrogen) atoms. The molecule has 120 valence electrons. The lowest BCUT2D eigenvalue weighted by atomic mass is 10.1.